The fraction of sp³-hybridized carbons (Fsp3) is 0.714. The van der Waals surface area contributed by atoms with Crippen LogP contribution in [-0.4, -0.2) is 0 Å². The maximum atomic E-state index is 3.00. The summed E-state index contributed by atoms with van der Waals surface area (Å²) >= 11 is 0. The first-order chi connectivity index (χ1) is 13.9. The largest absolute Gasteiger partial charge is 0.106 e. The van der Waals surface area contributed by atoms with Gasteiger partial charge in [0.1, 0.15) is 0 Å². The standard InChI is InChI=1S/C20H42.4C2H4/c1-3-5-7-9-11-13-15-17-19-20-18-16-14-12-10-8-6-4-2;4*1-2/h3-20H2,1-2H3;4*1-2H2. The van der Waals surface area contributed by atoms with Crippen molar-refractivity contribution in [2.45, 2.75) is 129 Å². The highest BCUT2D eigenvalue weighted by Crippen LogP contribution is 2.14. The Labute approximate surface area is 182 Å². The van der Waals surface area contributed by atoms with Gasteiger partial charge in [0, 0.05) is 0 Å². The molecule has 0 rings (SSSR count). The second kappa shape index (κ2) is 56.2. The van der Waals surface area contributed by atoms with Gasteiger partial charge in [-0.15, -0.1) is 52.6 Å². The third kappa shape index (κ3) is 56.3. The number of hydrogen-bond acceptors (Lipinski definition) is 0. The Balaban J connectivity index is -0.000000194. The van der Waals surface area contributed by atoms with E-state index in [1.165, 1.54) is 116 Å². The molecule has 0 radical (unpaired) electrons. The third-order valence-electron chi connectivity index (χ3n) is 4.46. The molecule has 170 valence electrons. The van der Waals surface area contributed by atoms with E-state index >= 15 is 0 Å². The zero-order valence-electron chi connectivity index (χ0n) is 20.4. The zero-order valence-corrected chi connectivity index (χ0v) is 20.4. The average Bonchev–Trinajstić information content (AvgIpc) is 2.79. The van der Waals surface area contributed by atoms with Gasteiger partial charge in [0.15, 0.2) is 0 Å². The molecular formula is C28H58. The van der Waals surface area contributed by atoms with Crippen molar-refractivity contribution in [3.8, 4) is 0 Å². The minimum Gasteiger partial charge on any atom is -0.106 e. The zero-order chi connectivity index (χ0) is 22.7. The molecule has 0 N–H and O–H groups in total. The lowest BCUT2D eigenvalue weighted by atomic mass is 10.0. The van der Waals surface area contributed by atoms with Crippen molar-refractivity contribution in [1.29, 1.82) is 0 Å². The highest BCUT2D eigenvalue weighted by atomic mass is 14.0. The van der Waals surface area contributed by atoms with Crippen LogP contribution < -0.4 is 0 Å². The topological polar surface area (TPSA) is 0 Å². The van der Waals surface area contributed by atoms with E-state index in [-0.39, 0.29) is 0 Å². The summed E-state index contributed by atoms with van der Waals surface area (Å²) in [6.45, 7) is 28.6. The number of hydrogen-bond donors (Lipinski definition) is 0. The smallest absolute Gasteiger partial charge is 0.0533 e. The van der Waals surface area contributed by atoms with Crippen LogP contribution in [-0.2, 0) is 0 Å². The first kappa shape index (κ1) is 37.7. The van der Waals surface area contributed by atoms with Gasteiger partial charge in [-0.3, -0.25) is 0 Å². The van der Waals surface area contributed by atoms with E-state index < -0.39 is 0 Å². The summed E-state index contributed by atoms with van der Waals surface area (Å²) in [6.07, 6.45) is 26.4. The first-order valence-electron chi connectivity index (χ1n) is 11.9. The minimum absolute atomic E-state index is 1.37. The summed E-state index contributed by atoms with van der Waals surface area (Å²) in [7, 11) is 0. The molecule has 0 aliphatic heterocycles. The van der Waals surface area contributed by atoms with Gasteiger partial charge >= 0.3 is 0 Å². The quantitative estimate of drug-likeness (QED) is 0.170. The van der Waals surface area contributed by atoms with E-state index in [0.717, 1.165) is 0 Å². The van der Waals surface area contributed by atoms with Crippen LogP contribution in [0.4, 0.5) is 0 Å². The number of rotatable bonds is 17. The van der Waals surface area contributed by atoms with Crippen molar-refractivity contribution in [2.75, 3.05) is 0 Å². The van der Waals surface area contributed by atoms with Crippen LogP contribution in [0.1, 0.15) is 129 Å². The summed E-state index contributed by atoms with van der Waals surface area (Å²) in [6, 6.07) is 0. The predicted octanol–water partition coefficient (Wildman–Crippen LogP) is 11.3. The van der Waals surface area contributed by atoms with Crippen molar-refractivity contribution in [3.63, 3.8) is 0 Å². The Kier molecular flexibility index (Phi) is 75.7. The summed E-state index contributed by atoms with van der Waals surface area (Å²) in [5.74, 6) is 0. The van der Waals surface area contributed by atoms with Crippen LogP contribution in [0.25, 0.3) is 0 Å². The molecule has 0 amide bonds. The minimum atomic E-state index is 1.37. The fourth-order valence-electron chi connectivity index (χ4n) is 2.97. The second-order valence-electron chi connectivity index (χ2n) is 6.66. The molecule has 0 saturated heterocycles. The molecule has 0 nitrogen and oxygen atoms in total. The second-order valence-corrected chi connectivity index (χ2v) is 6.66. The van der Waals surface area contributed by atoms with Crippen molar-refractivity contribution in [1.82, 2.24) is 0 Å². The molecule has 0 aromatic heterocycles. The molecule has 0 fully saturated rings. The Morgan fingerprint density at radius 2 is 0.357 bits per heavy atom. The summed E-state index contributed by atoms with van der Waals surface area (Å²) in [5.41, 5.74) is 0. The molecule has 0 spiro atoms. The SMILES string of the molecule is C=C.C=C.C=C.C=C.CCCCCCCCCCCCCCCCCCCC. The van der Waals surface area contributed by atoms with E-state index in [2.05, 4.69) is 66.5 Å². The van der Waals surface area contributed by atoms with Gasteiger partial charge in [-0.1, -0.05) is 129 Å². The summed E-state index contributed by atoms with van der Waals surface area (Å²) in [4.78, 5) is 0. The van der Waals surface area contributed by atoms with Crippen molar-refractivity contribution < 1.29 is 0 Å². The van der Waals surface area contributed by atoms with Gasteiger partial charge in [0.25, 0.3) is 0 Å². The predicted molar refractivity (Wildman–Crippen MR) is 139 cm³/mol. The van der Waals surface area contributed by atoms with Crippen LogP contribution in [0.3, 0.4) is 0 Å². The van der Waals surface area contributed by atoms with Gasteiger partial charge in [0.05, 0.1) is 0 Å². The molecule has 28 heavy (non-hydrogen) atoms. The van der Waals surface area contributed by atoms with Gasteiger partial charge < -0.3 is 0 Å². The Bertz CT molecular complexity index is 170. The highest BCUT2D eigenvalue weighted by molar-refractivity contribution is 4.50. The molecule has 0 aromatic carbocycles. The van der Waals surface area contributed by atoms with Crippen LogP contribution in [0.15, 0.2) is 52.6 Å². The third-order valence-corrected chi connectivity index (χ3v) is 4.46. The molecule has 0 aliphatic carbocycles. The van der Waals surface area contributed by atoms with Gasteiger partial charge in [-0.2, -0.15) is 0 Å². The fourth-order valence-corrected chi connectivity index (χ4v) is 2.97. The molecule has 0 atom stereocenters. The van der Waals surface area contributed by atoms with Gasteiger partial charge in [-0.05, 0) is 0 Å². The Morgan fingerprint density at radius 1 is 0.250 bits per heavy atom. The maximum absolute atomic E-state index is 3.00. The number of unbranched alkanes of at least 4 members (excludes halogenated alkanes) is 17. The van der Waals surface area contributed by atoms with E-state index in [0.29, 0.717) is 0 Å². The maximum Gasteiger partial charge on any atom is -0.0533 e. The van der Waals surface area contributed by atoms with E-state index in [9.17, 15) is 0 Å². The van der Waals surface area contributed by atoms with Crippen molar-refractivity contribution in [3.05, 3.63) is 52.6 Å². The molecule has 0 heteroatoms. The lowest BCUT2D eigenvalue weighted by Gasteiger charge is -2.03. The van der Waals surface area contributed by atoms with Crippen LogP contribution in [0.2, 0.25) is 0 Å². The molecule has 0 heterocycles. The van der Waals surface area contributed by atoms with Crippen LogP contribution in [0.5, 0.6) is 0 Å². The van der Waals surface area contributed by atoms with E-state index in [1.54, 1.807) is 0 Å². The molecule has 0 saturated carbocycles. The summed E-state index contributed by atoms with van der Waals surface area (Å²) < 4.78 is 0. The van der Waals surface area contributed by atoms with Crippen molar-refractivity contribution in [2.24, 2.45) is 0 Å². The molecule has 0 unspecified atom stereocenters. The normalized spacial score (nSPS) is 8.50. The Morgan fingerprint density at radius 3 is 0.464 bits per heavy atom. The van der Waals surface area contributed by atoms with Crippen LogP contribution >= 0.6 is 0 Å². The van der Waals surface area contributed by atoms with Crippen LogP contribution in [0, 0.1) is 0 Å². The Hall–Kier alpha value is -1.04. The molecule has 0 bridgehead atoms. The van der Waals surface area contributed by atoms with Gasteiger partial charge in [-0.25, -0.2) is 0 Å². The van der Waals surface area contributed by atoms with Crippen molar-refractivity contribution >= 4 is 0 Å². The molecule has 0 aliphatic rings. The van der Waals surface area contributed by atoms with E-state index in [4.69, 9.17) is 0 Å². The molecular weight excluding hydrogens is 336 g/mol. The summed E-state index contributed by atoms with van der Waals surface area (Å²) in [5, 5.41) is 0. The molecule has 0 aromatic rings. The first-order valence-corrected chi connectivity index (χ1v) is 11.9. The lowest BCUT2D eigenvalue weighted by Crippen LogP contribution is -1.83. The average molecular weight is 395 g/mol. The van der Waals surface area contributed by atoms with Gasteiger partial charge in [0.2, 0.25) is 0 Å². The van der Waals surface area contributed by atoms with E-state index in [1.807, 2.05) is 0 Å². The monoisotopic (exact) mass is 394 g/mol. The lowest BCUT2D eigenvalue weighted by molar-refractivity contribution is 0.526. The highest BCUT2D eigenvalue weighted by Gasteiger charge is 1.94.